The lowest BCUT2D eigenvalue weighted by Gasteiger charge is -2.11. The molecule has 4 aromatic rings. The fraction of sp³-hybridized carbons (Fsp3) is 0. The smallest absolute Gasteiger partial charge is 0.256 e. The number of H-pyrrole nitrogens is 1. The van der Waals surface area contributed by atoms with Gasteiger partial charge in [-0.2, -0.15) is 10.4 Å². The Morgan fingerprint density at radius 2 is 1.77 bits per heavy atom. The van der Waals surface area contributed by atoms with Gasteiger partial charge in [0.1, 0.15) is 0 Å². The van der Waals surface area contributed by atoms with Gasteiger partial charge in [0.15, 0.2) is 0 Å². The van der Waals surface area contributed by atoms with Gasteiger partial charge in [-0.05, 0) is 35.9 Å². The molecule has 0 saturated carbocycles. The quantitative estimate of drug-likeness (QED) is 0.582. The summed E-state index contributed by atoms with van der Waals surface area (Å²) in [5.74, 6) is -0.226. The van der Waals surface area contributed by atoms with Crippen LogP contribution in [0.2, 0.25) is 0 Å². The van der Waals surface area contributed by atoms with Gasteiger partial charge in [-0.15, -0.1) is 0 Å². The molecule has 0 bridgehead atoms. The molecule has 2 N–H and O–H groups in total. The summed E-state index contributed by atoms with van der Waals surface area (Å²) in [6, 6.07) is 22.3. The highest BCUT2D eigenvalue weighted by Crippen LogP contribution is 2.27. The summed E-state index contributed by atoms with van der Waals surface area (Å²) < 4.78 is 0. The van der Waals surface area contributed by atoms with Crippen molar-refractivity contribution in [2.45, 2.75) is 0 Å². The van der Waals surface area contributed by atoms with Gasteiger partial charge in [0.2, 0.25) is 0 Å². The standard InChI is InChI=1S/C21H14N4O/c22-12-14-5-1-2-6-17(14)18-7-3-4-8-19(18)21(26)24-16-9-10-20-15(11-16)13-23-25-20/h1-11,13H,(H,23,25)(H,24,26). The summed E-state index contributed by atoms with van der Waals surface area (Å²) in [5.41, 5.74) is 4.12. The van der Waals surface area contributed by atoms with Crippen LogP contribution >= 0.6 is 0 Å². The number of aromatic amines is 1. The van der Waals surface area contributed by atoms with Crippen molar-refractivity contribution in [3.8, 4) is 17.2 Å². The molecular formula is C21H14N4O. The number of fused-ring (bicyclic) bond motifs is 1. The molecule has 0 aliphatic rings. The van der Waals surface area contributed by atoms with Gasteiger partial charge in [0.25, 0.3) is 5.91 Å². The summed E-state index contributed by atoms with van der Waals surface area (Å²) >= 11 is 0. The topological polar surface area (TPSA) is 81.6 Å². The Hall–Kier alpha value is -3.91. The number of nitriles is 1. The van der Waals surface area contributed by atoms with Crippen molar-refractivity contribution < 1.29 is 4.79 Å². The Labute approximate surface area is 149 Å². The van der Waals surface area contributed by atoms with Gasteiger partial charge in [0, 0.05) is 22.2 Å². The van der Waals surface area contributed by atoms with Crippen LogP contribution in [0.3, 0.4) is 0 Å². The van der Waals surface area contributed by atoms with Crippen molar-refractivity contribution in [3.63, 3.8) is 0 Å². The lowest BCUT2D eigenvalue weighted by Crippen LogP contribution is -2.13. The predicted octanol–water partition coefficient (Wildman–Crippen LogP) is 4.35. The average molecular weight is 338 g/mol. The van der Waals surface area contributed by atoms with E-state index in [0.717, 1.165) is 22.0 Å². The number of amides is 1. The fourth-order valence-electron chi connectivity index (χ4n) is 2.95. The van der Waals surface area contributed by atoms with Crippen LogP contribution in [0.15, 0.2) is 72.9 Å². The lowest BCUT2D eigenvalue weighted by molar-refractivity contribution is 0.102. The predicted molar refractivity (Wildman–Crippen MR) is 101 cm³/mol. The van der Waals surface area contributed by atoms with Gasteiger partial charge in [0.05, 0.1) is 23.3 Å². The van der Waals surface area contributed by atoms with Crippen LogP contribution in [0.4, 0.5) is 5.69 Å². The zero-order valence-electron chi connectivity index (χ0n) is 13.7. The minimum absolute atomic E-state index is 0.226. The third kappa shape index (κ3) is 2.80. The maximum atomic E-state index is 12.9. The van der Waals surface area contributed by atoms with E-state index in [9.17, 15) is 10.1 Å². The second-order valence-corrected chi connectivity index (χ2v) is 5.83. The summed E-state index contributed by atoms with van der Waals surface area (Å²) in [4.78, 5) is 12.9. The van der Waals surface area contributed by atoms with E-state index in [-0.39, 0.29) is 5.91 Å². The Morgan fingerprint density at radius 1 is 1.00 bits per heavy atom. The van der Waals surface area contributed by atoms with Crippen molar-refractivity contribution in [3.05, 3.63) is 84.1 Å². The molecule has 0 saturated heterocycles. The third-order valence-corrected chi connectivity index (χ3v) is 4.21. The number of hydrogen-bond donors (Lipinski definition) is 2. The second kappa shape index (κ2) is 6.54. The largest absolute Gasteiger partial charge is 0.322 e. The van der Waals surface area contributed by atoms with Crippen LogP contribution in [-0.2, 0) is 0 Å². The number of nitrogens with one attached hydrogen (secondary N) is 2. The lowest BCUT2D eigenvalue weighted by atomic mass is 9.95. The Balaban J connectivity index is 1.71. The summed E-state index contributed by atoms with van der Waals surface area (Å²) in [5, 5.41) is 20.1. The van der Waals surface area contributed by atoms with Crippen molar-refractivity contribution >= 4 is 22.5 Å². The molecule has 0 spiro atoms. The number of rotatable bonds is 3. The molecule has 5 nitrogen and oxygen atoms in total. The monoisotopic (exact) mass is 338 g/mol. The van der Waals surface area contributed by atoms with Gasteiger partial charge in [-0.3, -0.25) is 9.89 Å². The van der Waals surface area contributed by atoms with Crippen LogP contribution in [0.5, 0.6) is 0 Å². The zero-order chi connectivity index (χ0) is 17.9. The number of carbonyl (C=O) groups is 1. The average Bonchev–Trinajstić information content (AvgIpc) is 3.15. The fourth-order valence-corrected chi connectivity index (χ4v) is 2.95. The van der Waals surface area contributed by atoms with Crippen LogP contribution < -0.4 is 5.32 Å². The molecule has 5 heteroatoms. The highest BCUT2D eigenvalue weighted by Gasteiger charge is 2.15. The molecule has 3 aromatic carbocycles. The molecule has 26 heavy (non-hydrogen) atoms. The van der Waals surface area contributed by atoms with Crippen molar-refractivity contribution in [2.24, 2.45) is 0 Å². The van der Waals surface area contributed by atoms with E-state index >= 15 is 0 Å². The Kier molecular flexibility index (Phi) is 3.92. The molecule has 0 aliphatic heterocycles. The van der Waals surface area contributed by atoms with E-state index in [2.05, 4.69) is 21.6 Å². The Morgan fingerprint density at radius 3 is 2.62 bits per heavy atom. The number of nitrogens with zero attached hydrogens (tertiary/aromatic N) is 2. The van der Waals surface area contributed by atoms with Crippen molar-refractivity contribution in [1.29, 1.82) is 5.26 Å². The van der Waals surface area contributed by atoms with Gasteiger partial charge < -0.3 is 5.32 Å². The third-order valence-electron chi connectivity index (χ3n) is 4.21. The first-order chi connectivity index (χ1) is 12.8. The van der Waals surface area contributed by atoms with E-state index < -0.39 is 0 Å². The first kappa shape index (κ1) is 15.6. The van der Waals surface area contributed by atoms with E-state index in [1.54, 1.807) is 18.3 Å². The highest BCUT2D eigenvalue weighted by molar-refractivity contribution is 6.09. The molecule has 1 amide bonds. The van der Waals surface area contributed by atoms with Crippen molar-refractivity contribution in [1.82, 2.24) is 10.2 Å². The van der Waals surface area contributed by atoms with Crippen LogP contribution in [-0.4, -0.2) is 16.1 Å². The summed E-state index contributed by atoms with van der Waals surface area (Å²) in [6.07, 6.45) is 1.71. The number of carbonyl (C=O) groups excluding carboxylic acids is 1. The van der Waals surface area contributed by atoms with Crippen LogP contribution in [0, 0.1) is 11.3 Å². The first-order valence-corrected chi connectivity index (χ1v) is 8.09. The van der Waals surface area contributed by atoms with Gasteiger partial charge in [-0.25, -0.2) is 0 Å². The highest BCUT2D eigenvalue weighted by atomic mass is 16.1. The summed E-state index contributed by atoms with van der Waals surface area (Å²) in [7, 11) is 0. The molecule has 1 aromatic heterocycles. The molecule has 0 unspecified atom stereocenters. The Bertz CT molecular complexity index is 1150. The van der Waals surface area contributed by atoms with Crippen LogP contribution in [0.1, 0.15) is 15.9 Å². The van der Waals surface area contributed by atoms with Crippen LogP contribution in [0.25, 0.3) is 22.0 Å². The molecule has 0 fully saturated rings. The number of benzene rings is 3. The SMILES string of the molecule is N#Cc1ccccc1-c1ccccc1C(=O)Nc1ccc2[nH]ncc2c1. The number of hydrogen-bond acceptors (Lipinski definition) is 3. The molecule has 4 rings (SSSR count). The van der Waals surface area contributed by atoms with Gasteiger partial charge in [-0.1, -0.05) is 36.4 Å². The molecule has 124 valence electrons. The molecular weight excluding hydrogens is 324 g/mol. The summed E-state index contributed by atoms with van der Waals surface area (Å²) in [6.45, 7) is 0. The van der Waals surface area contributed by atoms with Crippen molar-refractivity contribution in [2.75, 3.05) is 5.32 Å². The van der Waals surface area contributed by atoms with E-state index in [1.165, 1.54) is 0 Å². The minimum atomic E-state index is -0.226. The number of anilines is 1. The minimum Gasteiger partial charge on any atom is -0.322 e. The normalized spacial score (nSPS) is 10.4. The van der Waals surface area contributed by atoms with E-state index in [1.807, 2.05) is 54.6 Å². The maximum absolute atomic E-state index is 12.9. The van der Waals surface area contributed by atoms with Gasteiger partial charge >= 0.3 is 0 Å². The van der Waals surface area contributed by atoms with E-state index in [0.29, 0.717) is 16.8 Å². The second-order valence-electron chi connectivity index (χ2n) is 5.83. The maximum Gasteiger partial charge on any atom is 0.256 e. The number of aromatic nitrogens is 2. The molecule has 1 heterocycles. The molecule has 0 atom stereocenters. The zero-order valence-corrected chi connectivity index (χ0v) is 13.7. The molecule has 0 aliphatic carbocycles. The molecule has 0 radical (unpaired) electrons. The first-order valence-electron chi connectivity index (χ1n) is 8.09. The van der Waals surface area contributed by atoms with E-state index in [4.69, 9.17) is 0 Å².